The minimum absolute atomic E-state index is 0.0817. The van der Waals surface area contributed by atoms with Crippen LogP contribution in [-0.4, -0.2) is 47.0 Å². The van der Waals surface area contributed by atoms with Gasteiger partial charge in [-0.25, -0.2) is 4.79 Å². The highest BCUT2D eigenvalue weighted by Crippen LogP contribution is 2.10. The Morgan fingerprint density at radius 3 is 2.50 bits per heavy atom. The van der Waals surface area contributed by atoms with Gasteiger partial charge in [-0.1, -0.05) is 25.7 Å². The van der Waals surface area contributed by atoms with Crippen molar-refractivity contribution < 1.29 is 14.3 Å². The summed E-state index contributed by atoms with van der Waals surface area (Å²) in [7, 11) is 1.71. The molecule has 0 amide bonds. The fourth-order valence-corrected chi connectivity index (χ4v) is 1.96. The minimum Gasteiger partial charge on any atom is -0.445 e. The first-order valence-electron chi connectivity index (χ1n) is 7.48. The number of hydrogen-bond acceptors (Lipinski definition) is 4. The van der Waals surface area contributed by atoms with E-state index in [9.17, 15) is 9.59 Å². The highest BCUT2D eigenvalue weighted by Gasteiger charge is 2.16. The molecule has 0 saturated heterocycles. The fourth-order valence-electron chi connectivity index (χ4n) is 1.96. The molecule has 0 aliphatic rings. The molecule has 0 spiro atoms. The molecule has 5 heteroatoms. The second kappa shape index (κ2) is 8.40. The zero-order chi connectivity index (χ0) is 16.7. The zero-order valence-corrected chi connectivity index (χ0v) is 14.0. The lowest BCUT2D eigenvalue weighted by atomic mass is 10.2. The third kappa shape index (κ3) is 5.05. The Balaban J connectivity index is 2.65. The van der Waals surface area contributed by atoms with Gasteiger partial charge in [0.25, 0.3) is 0 Å². The molecule has 0 saturated carbocycles. The standard InChI is InChI=1S/C17H24N2O3/c1-6-19(7-2)10-8-9-13(3)22-17(21)16-11-15(14(4)20)12-18(16)5/h11-13H,6-7,10H2,1-5H3/t13-/m0/s1. The van der Waals surface area contributed by atoms with Crippen molar-refractivity contribution in [2.75, 3.05) is 19.6 Å². The van der Waals surface area contributed by atoms with Gasteiger partial charge in [-0.15, -0.1) is 0 Å². The molecule has 120 valence electrons. The van der Waals surface area contributed by atoms with Gasteiger partial charge in [-0.05, 0) is 33.0 Å². The summed E-state index contributed by atoms with van der Waals surface area (Å²) in [6.07, 6.45) is 1.13. The molecular formula is C17H24N2O3. The number of nitrogens with zero attached hydrogens (tertiary/aromatic N) is 2. The maximum atomic E-state index is 12.1. The number of carbonyl (C=O) groups is 2. The van der Waals surface area contributed by atoms with Crippen molar-refractivity contribution in [2.45, 2.75) is 33.8 Å². The Hall–Kier alpha value is -2.06. The van der Waals surface area contributed by atoms with Crippen molar-refractivity contribution in [1.29, 1.82) is 0 Å². The Morgan fingerprint density at radius 2 is 2.00 bits per heavy atom. The van der Waals surface area contributed by atoms with Crippen LogP contribution in [0, 0.1) is 11.8 Å². The van der Waals surface area contributed by atoms with Crippen molar-refractivity contribution in [3.05, 3.63) is 23.5 Å². The number of Topliss-reactive ketones (excluding diaryl/α,β-unsaturated/α-hetero) is 1. The van der Waals surface area contributed by atoms with Crippen molar-refractivity contribution in [3.63, 3.8) is 0 Å². The number of ketones is 1. The van der Waals surface area contributed by atoms with E-state index in [0.29, 0.717) is 17.8 Å². The Labute approximate surface area is 132 Å². The number of ether oxygens (including phenoxy) is 1. The first-order chi connectivity index (χ1) is 10.4. The Morgan fingerprint density at radius 1 is 1.36 bits per heavy atom. The van der Waals surface area contributed by atoms with Gasteiger partial charge in [0, 0.05) is 18.8 Å². The van der Waals surface area contributed by atoms with E-state index in [0.717, 1.165) is 13.1 Å². The van der Waals surface area contributed by atoms with Crippen LogP contribution in [0.5, 0.6) is 0 Å². The van der Waals surface area contributed by atoms with Gasteiger partial charge in [0.15, 0.2) is 11.9 Å². The quantitative estimate of drug-likeness (QED) is 0.459. The molecule has 5 nitrogen and oxygen atoms in total. The molecule has 0 unspecified atom stereocenters. The summed E-state index contributed by atoms with van der Waals surface area (Å²) in [4.78, 5) is 25.6. The average Bonchev–Trinajstić information content (AvgIpc) is 2.86. The largest absolute Gasteiger partial charge is 0.445 e. The average molecular weight is 304 g/mol. The van der Waals surface area contributed by atoms with Gasteiger partial charge < -0.3 is 9.30 Å². The Kier molecular flexibility index (Phi) is 6.87. The van der Waals surface area contributed by atoms with Gasteiger partial charge >= 0.3 is 5.97 Å². The summed E-state index contributed by atoms with van der Waals surface area (Å²) in [6, 6.07) is 1.54. The minimum atomic E-state index is -0.487. The van der Waals surface area contributed by atoms with Gasteiger partial charge in [0.2, 0.25) is 0 Å². The van der Waals surface area contributed by atoms with Gasteiger partial charge in [-0.2, -0.15) is 0 Å². The zero-order valence-electron chi connectivity index (χ0n) is 14.0. The third-order valence-electron chi connectivity index (χ3n) is 3.41. The predicted molar refractivity (Wildman–Crippen MR) is 85.9 cm³/mol. The van der Waals surface area contributed by atoms with Gasteiger partial charge in [-0.3, -0.25) is 9.69 Å². The van der Waals surface area contributed by atoms with E-state index in [1.165, 1.54) is 6.92 Å². The molecule has 0 aliphatic carbocycles. The normalized spacial score (nSPS) is 11.7. The van der Waals surface area contributed by atoms with E-state index in [1.807, 2.05) is 0 Å². The van der Waals surface area contributed by atoms with Crippen LogP contribution in [-0.2, 0) is 11.8 Å². The monoisotopic (exact) mass is 304 g/mol. The second-order valence-electron chi connectivity index (χ2n) is 5.11. The molecule has 1 atom stereocenters. The third-order valence-corrected chi connectivity index (χ3v) is 3.41. The molecule has 0 aromatic carbocycles. The SMILES string of the molecule is CCN(CC)CC#C[C@H](C)OC(=O)c1cc(C(C)=O)cn1C. The lowest BCUT2D eigenvalue weighted by Gasteiger charge is -2.13. The highest BCUT2D eigenvalue weighted by molar-refractivity contribution is 5.97. The predicted octanol–water partition coefficient (Wildman–Crippen LogP) is 2.12. The van der Waals surface area contributed by atoms with Gasteiger partial charge in [0.1, 0.15) is 5.69 Å². The van der Waals surface area contributed by atoms with Crippen LogP contribution in [0.15, 0.2) is 12.3 Å². The van der Waals surface area contributed by atoms with Gasteiger partial charge in [0.05, 0.1) is 6.54 Å². The summed E-state index contributed by atoms with van der Waals surface area (Å²) < 4.78 is 6.89. The summed E-state index contributed by atoms with van der Waals surface area (Å²) in [5.41, 5.74) is 0.845. The van der Waals surface area contributed by atoms with Crippen LogP contribution < -0.4 is 0 Å². The van der Waals surface area contributed by atoms with Crippen molar-refractivity contribution in [2.24, 2.45) is 7.05 Å². The molecule has 1 heterocycles. The molecular weight excluding hydrogens is 280 g/mol. The smallest absolute Gasteiger partial charge is 0.356 e. The topological polar surface area (TPSA) is 51.5 Å². The molecule has 1 aromatic heterocycles. The lowest BCUT2D eigenvalue weighted by molar-refractivity contribution is 0.0427. The fraction of sp³-hybridized carbons (Fsp3) is 0.529. The van der Waals surface area contributed by atoms with E-state index >= 15 is 0 Å². The number of esters is 1. The first kappa shape index (κ1) is 18.0. The molecule has 1 rings (SSSR count). The van der Waals surface area contributed by atoms with Crippen LogP contribution >= 0.6 is 0 Å². The lowest BCUT2D eigenvalue weighted by Crippen LogP contribution is -2.23. The van der Waals surface area contributed by atoms with E-state index in [2.05, 4.69) is 30.6 Å². The van der Waals surface area contributed by atoms with E-state index in [4.69, 9.17) is 4.74 Å². The van der Waals surface area contributed by atoms with Crippen molar-refractivity contribution >= 4 is 11.8 Å². The van der Waals surface area contributed by atoms with Crippen LogP contribution in [0.25, 0.3) is 0 Å². The molecule has 1 aromatic rings. The molecule has 0 N–H and O–H groups in total. The maximum Gasteiger partial charge on any atom is 0.356 e. The number of aromatic nitrogens is 1. The number of aryl methyl sites for hydroxylation is 1. The molecule has 0 fully saturated rings. The summed E-state index contributed by atoms with van der Waals surface area (Å²) >= 11 is 0. The number of hydrogen-bond donors (Lipinski definition) is 0. The highest BCUT2D eigenvalue weighted by atomic mass is 16.5. The van der Waals surface area contributed by atoms with Crippen molar-refractivity contribution in [3.8, 4) is 11.8 Å². The van der Waals surface area contributed by atoms with E-state index < -0.39 is 12.1 Å². The number of rotatable bonds is 6. The summed E-state index contributed by atoms with van der Waals surface area (Å²) in [6.45, 7) is 9.90. The molecule has 0 bridgehead atoms. The number of carbonyl (C=O) groups excluding carboxylic acids is 2. The van der Waals surface area contributed by atoms with E-state index in [-0.39, 0.29) is 5.78 Å². The van der Waals surface area contributed by atoms with Crippen LogP contribution in [0.1, 0.15) is 48.5 Å². The summed E-state index contributed by atoms with van der Waals surface area (Å²) in [5, 5.41) is 0. The van der Waals surface area contributed by atoms with Crippen LogP contribution in [0.3, 0.4) is 0 Å². The molecule has 0 radical (unpaired) electrons. The maximum absolute atomic E-state index is 12.1. The summed E-state index contributed by atoms with van der Waals surface area (Å²) in [5.74, 6) is 5.39. The second-order valence-corrected chi connectivity index (χ2v) is 5.11. The molecule has 22 heavy (non-hydrogen) atoms. The first-order valence-corrected chi connectivity index (χ1v) is 7.48. The van der Waals surface area contributed by atoms with E-state index in [1.54, 1.807) is 30.8 Å². The van der Waals surface area contributed by atoms with Crippen LogP contribution in [0.2, 0.25) is 0 Å². The molecule has 0 aliphatic heterocycles. The Bertz CT molecular complexity index is 589. The van der Waals surface area contributed by atoms with Crippen molar-refractivity contribution in [1.82, 2.24) is 9.47 Å². The van der Waals surface area contributed by atoms with Crippen LogP contribution in [0.4, 0.5) is 0 Å².